The van der Waals surface area contributed by atoms with Crippen LogP contribution in [0.25, 0.3) is 0 Å². The number of ether oxygens (including phenoxy) is 1. The Morgan fingerprint density at radius 2 is 2.09 bits per heavy atom. The SMILES string of the molecule is C[C@H]1OCCN(C(=O)c2ccc(N(C)C)cc2F)[C@@H]1C(N)=O. The molecule has 0 saturated carbocycles. The van der Waals surface area contributed by atoms with Crippen molar-refractivity contribution in [2.45, 2.75) is 19.1 Å². The van der Waals surface area contributed by atoms with Gasteiger partial charge < -0.3 is 20.3 Å². The lowest BCUT2D eigenvalue weighted by molar-refractivity contribution is -0.132. The Morgan fingerprint density at radius 3 is 2.64 bits per heavy atom. The zero-order valence-electron chi connectivity index (χ0n) is 12.9. The van der Waals surface area contributed by atoms with Crippen LogP contribution in [0.4, 0.5) is 10.1 Å². The van der Waals surface area contributed by atoms with E-state index in [0.29, 0.717) is 5.69 Å². The molecule has 1 fully saturated rings. The van der Waals surface area contributed by atoms with Gasteiger partial charge in [-0.3, -0.25) is 9.59 Å². The van der Waals surface area contributed by atoms with E-state index >= 15 is 0 Å². The van der Waals surface area contributed by atoms with Crippen LogP contribution in [0, 0.1) is 5.82 Å². The highest BCUT2D eigenvalue weighted by atomic mass is 19.1. The highest BCUT2D eigenvalue weighted by molar-refractivity contribution is 5.98. The maximum absolute atomic E-state index is 14.2. The van der Waals surface area contributed by atoms with E-state index in [4.69, 9.17) is 10.5 Å². The van der Waals surface area contributed by atoms with Crippen molar-refractivity contribution in [1.82, 2.24) is 4.90 Å². The third-order valence-electron chi connectivity index (χ3n) is 3.75. The highest BCUT2D eigenvalue weighted by Gasteiger charge is 2.37. The topological polar surface area (TPSA) is 75.9 Å². The van der Waals surface area contributed by atoms with Crippen molar-refractivity contribution in [3.63, 3.8) is 0 Å². The van der Waals surface area contributed by atoms with E-state index in [1.165, 1.54) is 17.0 Å². The molecule has 0 unspecified atom stereocenters. The number of morpholine rings is 1. The quantitative estimate of drug-likeness (QED) is 0.887. The summed E-state index contributed by atoms with van der Waals surface area (Å²) in [7, 11) is 3.56. The van der Waals surface area contributed by atoms with Crippen LogP contribution >= 0.6 is 0 Å². The Morgan fingerprint density at radius 1 is 1.41 bits per heavy atom. The average molecular weight is 309 g/mol. The number of hydrogen-bond acceptors (Lipinski definition) is 4. The first-order valence-electron chi connectivity index (χ1n) is 7.01. The second kappa shape index (κ2) is 6.31. The molecule has 0 radical (unpaired) electrons. The number of nitrogens with zero attached hydrogens (tertiary/aromatic N) is 2. The first kappa shape index (κ1) is 16.2. The van der Waals surface area contributed by atoms with Gasteiger partial charge in [-0.1, -0.05) is 0 Å². The smallest absolute Gasteiger partial charge is 0.257 e. The fourth-order valence-electron chi connectivity index (χ4n) is 2.54. The molecule has 1 aliphatic heterocycles. The van der Waals surface area contributed by atoms with Gasteiger partial charge in [-0.25, -0.2) is 4.39 Å². The van der Waals surface area contributed by atoms with Crippen LogP contribution in [0.5, 0.6) is 0 Å². The molecule has 0 aromatic heterocycles. The summed E-state index contributed by atoms with van der Waals surface area (Å²) in [6.45, 7) is 2.15. The number of anilines is 1. The average Bonchev–Trinajstić information content (AvgIpc) is 2.45. The molecule has 2 amide bonds. The number of benzene rings is 1. The summed E-state index contributed by atoms with van der Waals surface area (Å²) in [5.41, 5.74) is 5.92. The lowest BCUT2D eigenvalue weighted by Crippen LogP contribution is -2.58. The van der Waals surface area contributed by atoms with E-state index < -0.39 is 29.8 Å². The largest absolute Gasteiger partial charge is 0.378 e. The van der Waals surface area contributed by atoms with Crippen LogP contribution in [-0.2, 0) is 9.53 Å². The summed E-state index contributed by atoms with van der Waals surface area (Å²) < 4.78 is 19.6. The van der Waals surface area contributed by atoms with Gasteiger partial charge in [0.15, 0.2) is 0 Å². The third-order valence-corrected chi connectivity index (χ3v) is 3.75. The first-order valence-corrected chi connectivity index (χ1v) is 7.01. The van der Waals surface area contributed by atoms with Gasteiger partial charge in [0.2, 0.25) is 5.91 Å². The molecule has 2 rings (SSSR count). The Balaban J connectivity index is 2.32. The monoisotopic (exact) mass is 309 g/mol. The van der Waals surface area contributed by atoms with Crippen LogP contribution in [0.15, 0.2) is 18.2 Å². The van der Waals surface area contributed by atoms with E-state index in [1.54, 1.807) is 32.0 Å². The van der Waals surface area contributed by atoms with Gasteiger partial charge in [0.1, 0.15) is 11.9 Å². The van der Waals surface area contributed by atoms with Crippen LogP contribution in [-0.4, -0.2) is 56.1 Å². The molecular weight excluding hydrogens is 289 g/mol. The van der Waals surface area contributed by atoms with E-state index in [1.807, 2.05) is 0 Å². The number of carbonyl (C=O) groups is 2. The number of primary amides is 1. The summed E-state index contributed by atoms with van der Waals surface area (Å²) in [5, 5.41) is 0. The fourth-order valence-corrected chi connectivity index (χ4v) is 2.54. The van der Waals surface area contributed by atoms with E-state index in [-0.39, 0.29) is 18.7 Å². The maximum Gasteiger partial charge on any atom is 0.257 e. The van der Waals surface area contributed by atoms with Gasteiger partial charge >= 0.3 is 0 Å². The minimum Gasteiger partial charge on any atom is -0.378 e. The lowest BCUT2D eigenvalue weighted by atomic mass is 10.1. The molecule has 0 aliphatic carbocycles. The number of hydrogen-bond donors (Lipinski definition) is 1. The highest BCUT2D eigenvalue weighted by Crippen LogP contribution is 2.21. The van der Waals surface area contributed by atoms with Gasteiger partial charge in [-0.15, -0.1) is 0 Å². The first-order chi connectivity index (χ1) is 10.3. The summed E-state index contributed by atoms with van der Waals surface area (Å²) in [6, 6.07) is 3.47. The second-order valence-electron chi connectivity index (χ2n) is 5.48. The second-order valence-corrected chi connectivity index (χ2v) is 5.48. The van der Waals surface area contributed by atoms with Gasteiger partial charge in [0.05, 0.1) is 18.3 Å². The van der Waals surface area contributed by atoms with Crippen molar-refractivity contribution in [1.29, 1.82) is 0 Å². The van der Waals surface area contributed by atoms with Crippen molar-refractivity contribution in [3.8, 4) is 0 Å². The minimum atomic E-state index is -0.894. The van der Waals surface area contributed by atoms with Crippen molar-refractivity contribution in [2.75, 3.05) is 32.1 Å². The molecule has 22 heavy (non-hydrogen) atoms. The third kappa shape index (κ3) is 3.04. The summed E-state index contributed by atoms with van der Waals surface area (Å²) in [5.74, 6) is -1.84. The molecule has 1 saturated heterocycles. The Kier molecular flexibility index (Phi) is 4.65. The fraction of sp³-hybridized carbons (Fsp3) is 0.467. The number of rotatable bonds is 3. The number of nitrogens with two attached hydrogens (primary N) is 1. The number of carbonyl (C=O) groups excluding carboxylic acids is 2. The van der Waals surface area contributed by atoms with Crippen molar-refractivity contribution < 1.29 is 18.7 Å². The molecule has 1 aliphatic rings. The molecule has 2 atom stereocenters. The van der Waals surface area contributed by atoms with Crippen molar-refractivity contribution in [2.24, 2.45) is 5.73 Å². The molecular formula is C15H20FN3O3. The van der Waals surface area contributed by atoms with Crippen molar-refractivity contribution >= 4 is 17.5 Å². The van der Waals surface area contributed by atoms with Gasteiger partial charge in [0, 0.05) is 26.3 Å². The molecule has 1 aromatic rings. The predicted octanol–water partition coefficient (Wildman–Crippen LogP) is 0.607. The Labute approximate surface area is 128 Å². The number of halogens is 1. The van der Waals surface area contributed by atoms with Crippen LogP contribution < -0.4 is 10.6 Å². The lowest BCUT2D eigenvalue weighted by Gasteiger charge is -2.38. The minimum absolute atomic E-state index is 0.0778. The standard InChI is InChI=1S/C15H20FN3O3/c1-9-13(14(17)20)19(6-7-22-9)15(21)11-5-4-10(18(2)3)8-12(11)16/h4-5,8-9,13H,6-7H2,1-3H3,(H2,17,20)/t9-,13+/m1/s1. The molecule has 1 heterocycles. The molecule has 6 nitrogen and oxygen atoms in total. The predicted molar refractivity (Wildman–Crippen MR) is 80.2 cm³/mol. The summed E-state index contributed by atoms with van der Waals surface area (Å²) in [4.78, 5) is 27.2. The number of amides is 2. The summed E-state index contributed by atoms with van der Waals surface area (Å²) in [6.07, 6.45) is -0.515. The normalized spacial score (nSPS) is 21.5. The molecule has 2 N–H and O–H groups in total. The zero-order valence-corrected chi connectivity index (χ0v) is 12.9. The molecule has 7 heteroatoms. The van der Waals surface area contributed by atoms with Gasteiger partial charge in [-0.05, 0) is 25.1 Å². The maximum atomic E-state index is 14.2. The van der Waals surface area contributed by atoms with Gasteiger partial charge in [0.25, 0.3) is 5.91 Å². The van der Waals surface area contributed by atoms with Gasteiger partial charge in [-0.2, -0.15) is 0 Å². The van der Waals surface area contributed by atoms with Crippen LogP contribution in [0.1, 0.15) is 17.3 Å². The molecule has 120 valence electrons. The molecule has 0 spiro atoms. The van der Waals surface area contributed by atoms with E-state index in [2.05, 4.69) is 0 Å². The Bertz CT molecular complexity index is 591. The zero-order chi connectivity index (χ0) is 16.4. The Hall–Kier alpha value is -2.15. The van der Waals surface area contributed by atoms with Crippen molar-refractivity contribution in [3.05, 3.63) is 29.6 Å². The van der Waals surface area contributed by atoms with E-state index in [0.717, 1.165) is 0 Å². The van der Waals surface area contributed by atoms with Crippen LogP contribution in [0.3, 0.4) is 0 Å². The molecule has 1 aromatic carbocycles. The van der Waals surface area contributed by atoms with Crippen LogP contribution in [0.2, 0.25) is 0 Å². The van der Waals surface area contributed by atoms with E-state index in [9.17, 15) is 14.0 Å². The molecule has 0 bridgehead atoms. The summed E-state index contributed by atoms with van der Waals surface area (Å²) >= 11 is 0.